The number of carboxylic acids is 1. The molecule has 0 aromatic rings. The van der Waals surface area contributed by atoms with Gasteiger partial charge in [0.2, 0.25) is 0 Å². The van der Waals surface area contributed by atoms with Gasteiger partial charge in [-0.25, -0.2) is 4.79 Å². The second kappa shape index (κ2) is 5.92. The van der Waals surface area contributed by atoms with Crippen molar-refractivity contribution in [2.24, 2.45) is 0 Å². The van der Waals surface area contributed by atoms with Crippen LogP contribution in [0.25, 0.3) is 0 Å². The molecular formula is C8H15NO2. The molecule has 0 saturated carbocycles. The van der Waals surface area contributed by atoms with Crippen molar-refractivity contribution in [1.29, 1.82) is 0 Å². The summed E-state index contributed by atoms with van der Waals surface area (Å²) in [5, 5.41) is 11.2. The molecule has 3 nitrogen and oxygen atoms in total. The van der Waals surface area contributed by atoms with Crippen LogP contribution in [0.5, 0.6) is 0 Å². The first-order valence-electron chi connectivity index (χ1n) is 3.80. The molecule has 2 N–H and O–H groups in total. The van der Waals surface area contributed by atoms with Crippen molar-refractivity contribution in [3.05, 3.63) is 12.2 Å². The van der Waals surface area contributed by atoms with Crippen LogP contribution in [-0.2, 0) is 4.79 Å². The molecule has 0 unspecified atom stereocenters. The molecule has 1 aliphatic rings. The lowest BCUT2D eigenvalue weighted by Gasteiger charge is -1.92. The summed E-state index contributed by atoms with van der Waals surface area (Å²) in [5.74, 6) is -0.883. The number of carboxylic acid groups (broad SMARTS) is 1. The molecule has 0 aromatic heterocycles. The van der Waals surface area contributed by atoms with Gasteiger partial charge in [-0.15, -0.1) is 0 Å². The van der Waals surface area contributed by atoms with Crippen LogP contribution in [0, 0.1) is 0 Å². The summed E-state index contributed by atoms with van der Waals surface area (Å²) in [6, 6.07) is 0. The normalized spacial score (nSPS) is 12.8. The smallest absolute Gasteiger partial charge is 0.330 e. The van der Waals surface area contributed by atoms with E-state index in [1.54, 1.807) is 0 Å². The van der Waals surface area contributed by atoms with Crippen LogP contribution >= 0.6 is 0 Å². The maximum atomic E-state index is 9.99. The summed E-state index contributed by atoms with van der Waals surface area (Å²) in [6.07, 6.45) is 1.44. The molecule has 11 heavy (non-hydrogen) atoms. The summed E-state index contributed by atoms with van der Waals surface area (Å²) in [6.45, 7) is 7.77. The van der Waals surface area contributed by atoms with Crippen LogP contribution in [0.4, 0.5) is 0 Å². The fourth-order valence-electron chi connectivity index (χ4n) is 0.409. The quantitative estimate of drug-likeness (QED) is 0.475. The third-order valence-corrected chi connectivity index (χ3v) is 1.10. The third kappa shape index (κ3) is 9.17. The van der Waals surface area contributed by atoms with Crippen LogP contribution in [0.2, 0.25) is 0 Å². The SMILES string of the molecule is C1CN1.C=C(CCC)C(=O)O. The summed E-state index contributed by atoms with van der Waals surface area (Å²) < 4.78 is 0. The first-order chi connectivity index (χ1) is 5.18. The van der Waals surface area contributed by atoms with E-state index < -0.39 is 5.97 Å². The average Bonchev–Trinajstić information content (AvgIpc) is 2.72. The van der Waals surface area contributed by atoms with E-state index in [9.17, 15) is 4.79 Å². The van der Waals surface area contributed by atoms with Gasteiger partial charge in [0.25, 0.3) is 0 Å². The van der Waals surface area contributed by atoms with Gasteiger partial charge in [0, 0.05) is 18.7 Å². The molecule has 0 radical (unpaired) electrons. The molecule has 0 amide bonds. The molecule has 1 saturated heterocycles. The van der Waals surface area contributed by atoms with Gasteiger partial charge in [-0.1, -0.05) is 19.9 Å². The van der Waals surface area contributed by atoms with Crippen molar-refractivity contribution in [1.82, 2.24) is 5.32 Å². The van der Waals surface area contributed by atoms with Gasteiger partial charge in [-0.2, -0.15) is 0 Å². The predicted molar refractivity (Wildman–Crippen MR) is 44.6 cm³/mol. The van der Waals surface area contributed by atoms with Gasteiger partial charge in [0.05, 0.1) is 0 Å². The van der Waals surface area contributed by atoms with E-state index in [4.69, 9.17) is 5.11 Å². The number of hydrogen-bond acceptors (Lipinski definition) is 2. The third-order valence-electron chi connectivity index (χ3n) is 1.10. The minimum atomic E-state index is -0.883. The zero-order valence-electron chi connectivity index (χ0n) is 6.89. The lowest BCUT2D eigenvalue weighted by Crippen LogP contribution is -1.97. The van der Waals surface area contributed by atoms with Gasteiger partial charge >= 0.3 is 5.97 Å². The molecule has 0 aromatic carbocycles. The van der Waals surface area contributed by atoms with Crippen molar-refractivity contribution in [2.75, 3.05) is 13.1 Å². The van der Waals surface area contributed by atoms with Crippen molar-refractivity contribution in [2.45, 2.75) is 19.8 Å². The second-order valence-electron chi connectivity index (χ2n) is 2.41. The number of rotatable bonds is 3. The highest BCUT2D eigenvalue weighted by Crippen LogP contribution is 1.99. The number of carbonyl (C=O) groups is 1. The van der Waals surface area contributed by atoms with E-state index in [1.165, 1.54) is 13.1 Å². The first-order valence-corrected chi connectivity index (χ1v) is 3.80. The monoisotopic (exact) mass is 157 g/mol. The topological polar surface area (TPSA) is 59.2 Å². The number of nitrogens with one attached hydrogen (secondary N) is 1. The lowest BCUT2D eigenvalue weighted by molar-refractivity contribution is -0.132. The highest BCUT2D eigenvalue weighted by Gasteiger charge is 1.99. The Bertz CT molecular complexity index is 138. The van der Waals surface area contributed by atoms with E-state index in [-0.39, 0.29) is 0 Å². The molecule has 0 spiro atoms. The summed E-state index contributed by atoms with van der Waals surface area (Å²) in [4.78, 5) is 9.99. The molecule has 1 rings (SSSR count). The van der Waals surface area contributed by atoms with Crippen molar-refractivity contribution >= 4 is 5.97 Å². The average molecular weight is 157 g/mol. The van der Waals surface area contributed by atoms with Crippen molar-refractivity contribution in [3.63, 3.8) is 0 Å². The van der Waals surface area contributed by atoms with E-state index in [0.29, 0.717) is 12.0 Å². The summed E-state index contributed by atoms with van der Waals surface area (Å²) in [7, 11) is 0. The Morgan fingerprint density at radius 2 is 2.09 bits per heavy atom. The number of aliphatic carboxylic acids is 1. The minimum Gasteiger partial charge on any atom is -0.478 e. The minimum absolute atomic E-state index is 0.299. The molecule has 0 aliphatic carbocycles. The van der Waals surface area contributed by atoms with Crippen LogP contribution in [-0.4, -0.2) is 24.2 Å². The highest BCUT2D eigenvalue weighted by molar-refractivity contribution is 5.85. The molecule has 64 valence electrons. The van der Waals surface area contributed by atoms with Gasteiger partial charge in [-0.3, -0.25) is 0 Å². The zero-order valence-corrected chi connectivity index (χ0v) is 6.89. The van der Waals surface area contributed by atoms with Gasteiger partial charge in [0.15, 0.2) is 0 Å². The molecule has 3 heteroatoms. The fourth-order valence-corrected chi connectivity index (χ4v) is 0.409. The Morgan fingerprint density at radius 3 is 2.18 bits per heavy atom. The molecule has 1 fully saturated rings. The van der Waals surface area contributed by atoms with Gasteiger partial charge in [0.1, 0.15) is 0 Å². The maximum absolute atomic E-state index is 9.99. The lowest BCUT2D eigenvalue weighted by atomic mass is 10.2. The zero-order chi connectivity index (χ0) is 8.69. The van der Waals surface area contributed by atoms with E-state index >= 15 is 0 Å². The van der Waals surface area contributed by atoms with Crippen LogP contribution in [0.3, 0.4) is 0 Å². The van der Waals surface area contributed by atoms with Gasteiger partial charge < -0.3 is 10.4 Å². The Labute approximate surface area is 67.1 Å². The Kier molecular flexibility index (Phi) is 5.47. The van der Waals surface area contributed by atoms with E-state index in [0.717, 1.165) is 6.42 Å². The molecule has 1 heterocycles. The van der Waals surface area contributed by atoms with Crippen molar-refractivity contribution < 1.29 is 9.90 Å². The summed E-state index contributed by atoms with van der Waals surface area (Å²) in [5.41, 5.74) is 0.299. The largest absolute Gasteiger partial charge is 0.478 e. The molecular weight excluding hydrogens is 142 g/mol. The van der Waals surface area contributed by atoms with E-state index in [1.807, 2.05) is 6.92 Å². The van der Waals surface area contributed by atoms with E-state index in [2.05, 4.69) is 11.9 Å². The Hall–Kier alpha value is -0.830. The van der Waals surface area contributed by atoms with Crippen LogP contribution in [0.15, 0.2) is 12.2 Å². The van der Waals surface area contributed by atoms with Crippen LogP contribution < -0.4 is 5.32 Å². The summed E-state index contributed by atoms with van der Waals surface area (Å²) >= 11 is 0. The molecule has 0 atom stereocenters. The Morgan fingerprint density at radius 1 is 1.64 bits per heavy atom. The van der Waals surface area contributed by atoms with Crippen LogP contribution in [0.1, 0.15) is 19.8 Å². The predicted octanol–water partition coefficient (Wildman–Crippen LogP) is 1.02. The maximum Gasteiger partial charge on any atom is 0.330 e. The van der Waals surface area contributed by atoms with Gasteiger partial charge in [-0.05, 0) is 6.42 Å². The fraction of sp³-hybridized carbons (Fsp3) is 0.625. The first kappa shape index (κ1) is 10.2. The highest BCUT2D eigenvalue weighted by atomic mass is 16.4. The Balaban J connectivity index is 0.000000271. The van der Waals surface area contributed by atoms with Crippen molar-refractivity contribution in [3.8, 4) is 0 Å². The second-order valence-corrected chi connectivity index (χ2v) is 2.41. The molecule has 1 aliphatic heterocycles. The molecule has 0 bridgehead atoms. The standard InChI is InChI=1S/C6H10O2.C2H5N/c1-3-4-5(2)6(7)8;1-2-3-1/h2-4H2,1H3,(H,7,8);3H,1-2H2. The number of hydrogen-bond donors (Lipinski definition) is 2.